The van der Waals surface area contributed by atoms with E-state index in [2.05, 4.69) is 5.32 Å². The standard InChI is InChI=1S/C11H14N2O2/c1-3-13-7(2)11(15)12-9-5-4-8(14)6-10(9)13/h4-7,14H,3H2,1-2H3,(H,12,15). The van der Waals surface area contributed by atoms with Crippen molar-refractivity contribution in [1.29, 1.82) is 0 Å². The van der Waals surface area contributed by atoms with Crippen molar-refractivity contribution in [1.82, 2.24) is 0 Å². The fraction of sp³-hybridized carbons (Fsp3) is 0.364. The molecule has 15 heavy (non-hydrogen) atoms. The summed E-state index contributed by atoms with van der Waals surface area (Å²) in [4.78, 5) is 13.6. The van der Waals surface area contributed by atoms with Gasteiger partial charge in [-0.05, 0) is 26.0 Å². The summed E-state index contributed by atoms with van der Waals surface area (Å²) in [6, 6.07) is 4.78. The maximum atomic E-state index is 11.6. The van der Waals surface area contributed by atoms with Crippen LogP contribution in [0.25, 0.3) is 0 Å². The van der Waals surface area contributed by atoms with E-state index in [9.17, 15) is 9.90 Å². The van der Waals surface area contributed by atoms with E-state index in [1.54, 1.807) is 18.2 Å². The van der Waals surface area contributed by atoms with Crippen LogP contribution in [0, 0.1) is 0 Å². The molecule has 4 heteroatoms. The number of rotatable bonds is 1. The lowest BCUT2D eigenvalue weighted by Gasteiger charge is -2.35. The van der Waals surface area contributed by atoms with Crippen molar-refractivity contribution in [2.45, 2.75) is 19.9 Å². The molecule has 0 saturated carbocycles. The average Bonchev–Trinajstić information content (AvgIpc) is 2.21. The molecule has 0 radical (unpaired) electrons. The molecule has 0 fully saturated rings. The number of hydrogen-bond donors (Lipinski definition) is 2. The zero-order valence-corrected chi connectivity index (χ0v) is 8.82. The Morgan fingerprint density at radius 3 is 2.93 bits per heavy atom. The first-order valence-electron chi connectivity index (χ1n) is 5.04. The number of anilines is 2. The van der Waals surface area contributed by atoms with Gasteiger partial charge in [-0.1, -0.05) is 0 Å². The molecule has 80 valence electrons. The zero-order chi connectivity index (χ0) is 11.0. The van der Waals surface area contributed by atoms with Crippen LogP contribution < -0.4 is 10.2 Å². The lowest BCUT2D eigenvalue weighted by molar-refractivity contribution is -0.117. The largest absolute Gasteiger partial charge is 0.508 e. The summed E-state index contributed by atoms with van der Waals surface area (Å²) in [7, 11) is 0. The third-order valence-electron chi connectivity index (χ3n) is 2.74. The first kappa shape index (κ1) is 9.83. The van der Waals surface area contributed by atoms with Crippen LogP contribution in [0.15, 0.2) is 18.2 Å². The van der Waals surface area contributed by atoms with Crippen LogP contribution in [-0.2, 0) is 4.79 Å². The van der Waals surface area contributed by atoms with Gasteiger partial charge in [0.1, 0.15) is 11.8 Å². The topological polar surface area (TPSA) is 52.6 Å². The van der Waals surface area contributed by atoms with E-state index < -0.39 is 0 Å². The molecule has 1 heterocycles. The van der Waals surface area contributed by atoms with Gasteiger partial charge in [0.25, 0.3) is 0 Å². The lowest BCUT2D eigenvalue weighted by atomic mass is 10.1. The molecule has 1 unspecified atom stereocenters. The van der Waals surface area contributed by atoms with Crippen molar-refractivity contribution in [3.05, 3.63) is 18.2 Å². The third-order valence-corrected chi connectivity index (χ3v) is 2.74. The van der Waals surface area contributed by atoms with Crippen molar-refractivity contribution in [3.63, 3.8) is 0 Å². The fourth-order valence-electron chi connectivity index (χ4n) is 1.89. The Kier molecular flexibility index (Phi) is 2.26. The van der Waals surface area contributed by atoms with E-state index in [-0.39, 0.29) is 17.7 Å². The van der Waals surface area contributed by atoms with Gasteiger partial charge in [-0.2, -0.15) is 0 Å². The van der Waals surface area contributed by atoms with Gasteiger partial charge in [-0.25, -0.2) is 0 Å². The average molecular weight is 206 g/mol. The minimum atomic E-state index is -0.190. The molecule has 1 aromatic rings. The van der Waals surface area contributed by atoms with Crippen LogP contribution in [0.5, 0.6) is 5.75 Å². The van der Waals surface area contributed by atoms with Crippen LogP contribution in [0.2, 0.25) is 0 Å². The normalized spacial score (nSPS) is 19.7. The molecule has 0 aromatic heterocycles. The Labute approximate surface area is 88.5 Å². The predicted octanol–water partition coefficient (Wildman–Crippen LogP) is 1.56. The number of carbonyl (C=O) groups excluding carboxylic acids is 1. The lowest BCUT2D eigenvalue weighted by Crippen LogP contribution is -2.46. The number of aromatic hydroxyl groups is 1. The maximum absolute atomic E-state index is 11.6. The summed E-state index contributed by atoms with van der Waals surface area (Å²) in [5, 5.41) is 12.2. The van der Waals surface area contributed by atoms with E-state index >= 15 is 0 Å². The highest BCUT2D eigenvalue weighted by Crippen LogP contribution is 2.34. The summed E-state index contributed by atoms with van der Waals surface area (Å²) in [5.41, 5.74) is 1.64. The van der Waals surface area contributed by atoms with Gasteiger partial charge >= 0.3 is 0 Å². The predicted molar refractivity (Wildman–Crippen MR) is 59.2 cm³/mol. The summed E-state index contributed by atoms with van der Waals surface area (Å²) in [5.74, 6) is 0.214. The minimum Gasteiger partial charge on any atom is -0.508 e. The van der Waals surface area contributed by atoms with Crippen molar-refractivity contribution in [2.75, 3.05) is 16.8 Å². The number of fused-ring (bicyclic) bond motifs is 1. The number of hydrogen-bond acceptors (Lipinski definition) is 3. The Bertz CT molecular complexity index is 404. The smallest absolute Gasteiger partial charge is 0.246 e. The quantitative estimate of drug-likeness (QED) is 0.685. The molecule has 1 aromatic carbocycles. The zero-order valence-electron chi connectivity index (χ0n) is 8.82. The molecule has 1 atom stereocenters. The van der Waals surface area contributed by atoms with E-state index in [0.717, 1.165) is 17.9 Å². The molecule has 4 nitrogen and oxygen atoms in total. The van der Waals surface area contributed by atoms with Gasteiger partial charge in [0.2, 0.25) is 5.91 Å². The molecule has 1 aliphatic rings. The molecular formula is C11H14N2O2. The Balaban J connectivity index is 2.50. The summed E-state index contributed by atoms with van der Waals surface area (Å²) >= 11 is 0. The Morgan fingerprint density at radius 2 is 2.27 bits per heavy atom. The summed E-state index contributed by atoms with van der Waals surface area (Å²) in [6.45, 7) is 4.58. The molecule has 1 amide bonds. The van der Waals surface area contributed by atoms with Crippen LogP contribution >= 0.6 is 0 Å². The summed E-state index contributed by atoms with van der Waals surface area (Å²) in [6.07, 6.45) is 0. The SMILES string of the molecule is CCN1c2cc(O)ccc2NC(=O)C1C. The number of nitrogens with one attached hydrogen (secondary N) is 1. The van der Waals surface area contributed by atoms with E-state index in [1.807, 2.05) is 18.7 Å². The van der Waals surface area contributed by atoms with Crippen molar-refractivity contribution in [3.8, 4) is 5.75 Å². The van der Waals surface area contributed by atoms with Gasteiger partial charge in [0.05, 0.1) is 11.4 Å². The van der Waals surface area contributed by atoms with Gasteiger partial charge < -0.3 is 15.3 Å². The first-order valence-corrected chi connectivity index (χ1v) is 5.04. The number of phenolic OH excluding ortho intramolecular Hbond substituents is 1. The Morgan fingerprint density at radius 1 is 1.53 bits per heavy atom. The van der Waals surface area contributed by atoms with Crippen molar-refractivity contribution in [2.24, 2.45) is 0 Å². The van der Waals surface area contributed by atoms with E-state index in [4.69, 9.17) is 0 Å². The van der Waals surface area contributed by atoms with Crippen LogP contribution in [-0.4, -0.2) is 23.6 Å². The maximum Gasteiger partial charge on any atom is 0.246 e. The second-order valence-electron chi connectivity index (χ2n) is 3.65. The molecule has 0 saturated heterocycles. The second-order valence-corrected chi connectivity index (χ2v) is 3.65. The van der Waals surface area contributed by atoms with Gasteiger partial charge in [-0.15, -0.1) is 0 Å². The molecule has 1 aliphatic heterocycles. The highest BCUT2D eigenvalue weighted by Gasteiger charge is 2.28. The molecule has 2 rings (SSSR count). The number of likely N-dealkylation sites (N-methyl/N-ethyl adjacent to an activating group) is 1. The molecule has 0 bridgehead atoms. The van der Waals surface area contributed by atoms with Crippen LogP contribution in [0.1, 0.15) is 13.8 Å². The van der Waals surface area contributed by atoms with Crippen LogP contribution in [0.3, 0.4) is 0 Å². The number of benzene rings is 1. The number of nitrogens with zero attached hydrogens (tertiary/aromatic N) is 1. The molecular weight excluding hydrogens is 192 g/mol. The molecule has 2 N–H and O–H groups in total. The van der Waals surface area contributed by atoms with E-state index in [1.165, 1.54) is 0 Å². The number of carbonyl (C=O) groups is 1. The minimum absolute atomic E-state index is 0.00459. The highest BCUT2D eigenvalue weighted by atomic mass is 16.3. The Hall–Kier alpha value is -1.71. The third kappa shape index (κ3) is 1.52. The van der Waals surface area contributed by atoms with Crippen molar-refractivity contribution < 1.29 is 9.90 Å². The van der Waals surface area contributed by atoms with Gasteiger partial charge in [-0.3, -0.25) is 4.79 Å². The first-order chi connectivity index (χ1) is 7.13. The van der Waals surface area contributed by atoms with Gasteiger partial charge in [0.15, 0.2) is 0 Å². The second kappa shape index (κ2) is 3.46. The summed E-state index contributed by atoms with van der Waals surface area (Å²) < 4.78 is 0. The van der Waals surface area contributed by atoms with E-state index in [0.29, 0.717) is 0 Å². The molecule has 0 spiro atoms. The number of amides is 1. The molecule has 0 aliphatic carbocycles. The van der Waals surface area contributed by atoms with Gasteiger partial charge in [0, 0.05) is 12.6 Å². The van der Waals surface area contributed by atoms with Crippen LogP contribution in [0.4, 0.5) is 11.4 Å². The fourth-order valence-corrected chi connectivity index (χ4v) is 1.89. The monoisotopic (exact) mass is 206 g/mol. The number of phenols is 1. The van der Waals surface area contributed by atoms with Crippen molar-refractivity contribution >= 4 is 17.3 Å². The highest BCUT2D eigenvalue weighted by molar-refractivity contribution is 6.03.